The summed E-state index contributed by atoms with van der Waals surface area (Å²) >= 11 is 0. The number of amides is 2. The summed E-state index contributed by atoms with van der Waals surface area (Å²) in [6.45, 7) is 3.17. The van der Waals surface area contributed by atoms with Gasteiger partial charge in [-0.2, -0.15) is 0 Å². The monoisotopic (exact) mass is 239 g/mol. The van der Waals surface area contributed by atoms with E-state index in [4.69, 9.17) is 4.79 Å². The molecular weight excluding hydrogens is 218 g/mol. The molecule has 0 atom stereocenters. The lowest BCUT2D eigenvalue weighted by molar-refractivity contribution is 0.256. The van der Waals surface area contributed by atoms with Crippen molar-refractivity contribution in [2.45, 2.75) is 26.2 Å². The predicted octanol–water partition coefficient (Wildman–Crippen LogP) is 2.02. The standard InChI is InChI=1S/C11H17NO.CH4N2O/c1-2-3-4-8-12-10-6-5-7-11(13)9-10;2-1(3)4/h5-7,9,12-13H,2-4,8H2,1H3;(H4,2,3,4). The van der Waals surface area contributed by atoms with Crippen LogP contribution in [0.5, 0.6) is 5.75 Å². The van der Waals surface area contributed by atoms with Crippen molar-refractivity contribution in [3.63, 3.8) is 0 Å². The van der Waals surface area contributed by atoms with Crippen molar-refractivity contribution >= 4 is 11.7 Å². The number of carbonyl (C=O) groups excluding carboxylic acids is 1. The highest BCUT2D eigenvalue weighted by Crippen LogP contribution is 2.15. The number of phenols is 1. The molecule has 0 aliphatic heterocycles. The molecule has 96 valence electrons. The molecule has 0 heterocycles. The van der Waals surface area contributed by atoms with Gasteiger partial charge in [0.05, 0.1) is 0 Å². The molecule has 0 saturated heterocycles. The van der Waals surface area contributed by atoms with E-state index in [2.05, 4.69) is 23.7 Å². The Morgan fingerprint density at radius 1 is 1.35 bits per heavy atom. The van der Waals surface area contributed by atoms with Crippen LogP contribution in [0.4, 0.5) is 10.5 Å². The van der Waals surface area contributed by atoms with Crippen molar-refractivity contribution in [1.29, 1.82) is 0 Å². The summed E-state index contributed by atoms with van der Waals surface area (Å²) in [5, 5.41) is 12.4. The molecule has 0 aliphatic carbocycles. The molecular formula is C12H21N3O2. The number of benzene rings is 1. The van der Waals surface area contributed by atoms with Gasteiger partial charge in [-0.25, -0.2) is 4.79 Å². The molecule has 0 fully saturated rings. The van der Waals surface area contributed by atoms with Crippen molar-refractivity contribution in [2.75, 3.05) is 11.9 Å². The molecule has 17 heavy (non-hydrogen) atoms. The lowest BCUT2D eigenvalue weighted by atomic mass is 10.2. The fraction of sp³-hybridized carbons (Fsp3) is 0.417. The molecule has 6 N–H and O–H groups in total. The number of primary amides is 2. The number of aromatic hydroxyl groups is 1. The van der Waals surface area contributed by atoms with Gasteiger partial charge in [-0.05, 0) is 18.6 Å². The number of urea groups is 1. The summed E-state index contributed by atoms with van der Waals surface area (Å²) in [6.07, 6.45) is 3.68. The fourth-order valence-electron chi connectivity index (χ4n) is 1.22. The molecule has 2 amide bonds. The van der Waals surface area contributed by atoms with Crippen LogP contribution >= 0.6 is 0 Å². The normalized spacial score (nSPS) is 9.00. The third-order valence-corrected chi connectivity index (χ3v) is 1.96. The van der Waals surface area contributed by atoms with Crippen LogP contribution in [-0.4, -0.2) is 17.7 Å². The van der Waals surface area contributed by atoms with Crippen molar-refractivity contribution in [3.8, 4) is 5.75 Å². The molecule has 5 heteroatoms. The second-order valence-electron chi connectivity index (χ2n) is 3.59. The first-order valence-corrected chi connectivity index (χ1v) is 5.64. The Morgan fingerprint density at radius 2 is 2.00 bits per heavy atom. The van der Waals surface area contributed by atoms with Crippen LogP contribution < -0.4 is 16.8 Å². The summed E-state index contributed by atoms with van der Waals surface area (Å²) in [5.41, 5.74) is 9.50. The van der Waals surface area contributed by atoms with Crippen LogP contribution in [0.1, 0.15) is 26.2 Å². The molecule has 0 unspecified atom stereocenters. The SMILES string of the molecule is CCCCCNc1cccc(O)c1.NC(N)=O. The van der Waals surface area contributed by atoms with E-state index in [1.165, 1.54) is 19.3 Å². The van der Waals surface area contributed by atoms with Gasteiger partial charge in [0.2, 0.25) is 0 Å². The molecule has 1 rings (SSSR count). The van der Waals surface area contributed by atoms with Gasteiger partial charge in [0.25, 0.3) is 0 Å². The Labute approximate surface area is 102 Å². The highest BCUT2D eigenvalue weighted by Gasteiger charge is 1.92. The number of nitrogens with one attached hydrogen (secondary N) is 1. The van der Waals surface area contributed by atoms with E-state index in [9.17, 15) is 5.11 Å². The molecule has 0 aromatic heterocycles. The lowest BCUT2D eigenvalue weighted by Gasteiger charge is -2.05. The van der Waals surface area contributed by atoms with Gasteiger partial charge in [0.15, 0.2) is 0 Å². The maximum atomic E-state index is 9.18. The summed E-state index contributed by atoms with van der Waals surface area (Å²) in [5.74, 6) is 0.320. The van der Waals surface area contributed by atoms with Crippen molar-refractivity contribution in [3.05, 3.63) is 24.3 Å². The second kappa shape index (κ2) is 9.33. The van der Waals surface area contributed by atoms with E-state index in [-0.39, 0.29) is 0 Å². The predicted molar refractivity (Wildman–Crippen MR) is 69.9 cm³/mol. The van der Waals surface area contributed by atoms with E-state index in [1.54, 1.807) is 12.1 Å². The molecule has 5 nitrogen and oxygen atoms in total. The molecule has 0 radical (unpaired) electrons. The Morgan fingerprint density at radius 3 is 2.53 bits per heavy atom. The first kappa shape index (κ1) is 15.1. The second-order valence-corrected chi connectivity index (χ2v) is 3.59. The minimum absolute atomic E-state index is 0.320. The van der Waals surface area contributed by atoms with Gasteiger partial charge < -0.3 is 21.9 Å². The Balaban J connectivity index is 0.000000557. The van der Waals surface area contributed by atoms with Crippen LogP contribution in [0.2, 0.25) is 0 Å². The quantitative estimate of drug-likeness (QED) is 0.591. The first-order chi connectivity index (χ1) is 8.06. The van der Waals surface area contributed by atoms with E-state index < -0.39 is 6.03 Å². The van der Waals surface area contributed by atoms with Crippen molar-refractivity contribution in [2.24, 2.45) is 11.5 Å². The number of hydrogen-bond donors (Lipinski definition) is 4. The average Bonchev–Trinajstić information content (AvgIpc) is 2.24. The molecule has 1 aromatic rings. The Hall–Kier alpha value is -1.91. The summed E-state index contributed by atoms with van der Waals surface area (Å²) < 4.78 is 0. The highest BCUT2D eigenvalue weighted by atomic mass is 16.3. The number of rotatable bonds is 5. The van der Waals surface area contributed by atoms with Crippen LogP contribution in [-0.2, 0) is 0 Å². The molecule has 0 spiro atoms. The number of carbonyl (C=O) groups is 1. The van der Waals surface area contributed by atoms with E-state index in [0.717, 1.165) is 12.2 Å². The van der Waals surface area contributed by atoms with E-state index in [0.29, 0.717) is 5.75 Å². The minimum Gasteiger partial charge on any atom is -0.508 e. The summed E-state index contributed by atoms with van der Waals surface area (Å²) in [4.78, 5) is 9.00. The molecule has 0 aliphatic rings. The number of hydrogen-bond acceptors (Lipinski definition) is 3. The van der Waals surface area contributed by atoms with Gasteiger partial charge in [0.1, 0.15) is 5.75 Å². The van der Waals surface area contributed by atoms with Gasteiger partial charge >= 0.3 is 6.03 Å². The Kier molecular flexibility index (Phi) is 8.28. The van der Waals surface area contributed by atoms with Crippen LogP contribution in [0.15, 0.2) is 24.3 Å². The highest BCUT2D eigenvalue weighted by molar-refractivity contribution is 5.69. The van der Waals surface area contributed by atoms with E-state index in [1.807, 2.05) is 12.1 Å². The number of nitrogens with two attached hydrogens (primary N) is 2. The van der Waals surface area contributed by atoms with Gasteiger partial charge in [-0.1, -0.05) is 25.8 Å². The largest absolute Gasteiger partial charge is 0.508 e. The zero-order valence-corrected chi connectivity index (χ0v) is 10.1. The zero-order valence-electron chi connectivity index (χ0n) is 10.1. The maximum Gasteiger partial charge on any atom is 0.309 e. The molecule has 0 bridgehead atoms. The third-order valence-electron chi connectivity index (χ3n) is 1.96. The van der Waals surface area contributed by atoms with Crippen LogP contribution in [0, 0.1) is 0 Å². The average molecular weight is 239 g/mol. The van der Waals surface area contributed by atoms with Crippen molar-refractivity contribution in [1.82, 2.24) is 0 Å². The van der Waals surface area contributed by atoms with Gasteiger partial charge in [0, 0.05) is 18.3 Å². The summed E-state index contributed by atoms with van der Waals surface area (Å²) in [7, 11) is 0. The van der Waals surface area contributed by atoms with Crippen LogP contribution in [0.3, 0.4) is 0 Å². The van der Waals surface area contributed by atoms with Crippen LogP contribution in [0.25, 0.3) is 0 Å². The summed E-state index contributed by atoms with van der Waals surface area (Å²) in [6, 6.07) is 6.40. The molecule has 1 aromatic carbocycles. The topological polar surface area (TPSA) is 101 Å². The first-order valence-electron chi connectivity index (χ1n) is 5.64. The maximum absolute atomic E-state index is 9.18. The third kappa shape index (κ3) is 10.4. The van der Waals surface area contributed by atoms with Crippen molar-refractivity contribution < 1.29 is 9.90 Å². The molecule has 0 saturated carbocycles. The van der Waals surface area contributed by atoms with Gasteiger partial charge in [-0.3, -0.25) is 0 Å². The zero-order chi connectivity index (χ0) is 13.1. The number of anilines is 1. The lowest BCUT2D eigenvalue weighted by Crippen LogP contribution is -2.18. The fourth-order valence-corrected chi connectivity index (χ4v) is 1.22. The minimum atomic E-state index is -0.833. The van der Waals surface area contributed by atoms with E-state index >= 15 is 0 Å². The van der Waals surface area contributed by atoms with Gasteiger partial charge in [-0.15, -0.1) is 0 Å². The Bertz CT molecular complexity index is 325. The number of phenolic OH excluding ortho intramolecular Hbond substituents is 1. The smallest absolute Gasteiger partial charge is 0.309 e. The number of unbranched alkanes of at least 4 members (excludes halogenated alkanes) is 2.